The minimum absolute atomic E-state index is 0.0899. The zero-order valence-corrected chi connectivity index (χ0v) is 17.5. The van der Waals surface area contributed by atoms with Gasteiger partial charge >= 0.3 is 0 Å². The second kappa shape index (κ2) is 7.71. The third kappa shape index (κ3) is 3.37. The van der Waals surface area contributed by atoms with E-state index in [0.717, 1.165) is 30.6 Å². The van der Waals surface area contributed by atoms with Crippen LogP contribution in [0.15, 0.2) is 16.5 Å². The van der Waals surface area contributed by atoms with Crippen molar-refractivity contribution in [3.8, 4) is 11.5 Å². The van der Waals surface area contributed by atoms with Gasteiger partial charge in [0, 0.05) is 19.5 Å². The molecule has 1 saturated heterocycles. The standard InChI is InChI=1S/C22H28N2O5/c1-5-19-23-14(2)20(29-19)21(25)24-9-7-22(8-10-24)16-13-18(27-4)17(26-3)12-15(16)6-11-28-22/h12-13H,5-11H2,1-4H3. The Balaban J connectivity index is 1.56. The molecule has 1 amide bonds. The number of fused-ring (bicyclic) bond motifs is 2. The Morgan fingerprint density at radius 1 is 1.21 bits per heavy atom. The summed E-state index contributed by atoms with van der Waals surface area (Å²) in [7, 11) is 3.30. The summed E-state index contributed by atoms with van der Waals surface area (Å²) < 4.78 is 23.0. The molecule has 0 N–H and O–H groups in total. The molecule has 2 aliphatic rings. The Labute approximate surface area is 170 Å². The maximum Gasteiger partial charge on any atom is 0.291 e. The summed E-state index contributed by atoms with van der Waals surface area (Å²) in [6.07, 6.45) is 2.98. The molecule has 0 bridgehead atoms. The van der Waals surface area contributed by atoms with E-state index in [1.807, 2.05) is 24.8 Å². The number of piperidine rings is 1. The van der Waals surface area contributed by atoms with Crippen molar-refractivity contribution in [1.82, 2.24) is 9.88 Å². The van der Waals surface area contributed by atoms with Crippen molar-refractivity contribution in [1.29, 1.82) is 0 Å². The van der Waals surface area contributed by atoms with E-state index in [1.54, 1.807) is 14.2 Å². The van der Waals surface area contributed by atoms with Gasteiger partial charge in [0.1, 0.15) is 0 Å². The van der Waals surface area contributed by atoms with Crippen molar-refractivity contribution in [3.63, 3.8) is 0 Å². The summed E-state index contributed by atoms with van der Waals surface area (Å²) in [5.74, 6) is 2.31. The SMILES string of the molecule is CCc1nc(C)c(C(=O)N2CCC3(CC2)OCCc2cc(OC)c(OC)cc23)o1. The number of rotatable bonds is 4. The number of methoxy groups -OCH3 is 2. The summed E-state index contributed by atoms with van der Waals surface area (Å²) >= 11 is 0. The number of hydrogen-bond acceptors (Lipinski definition) is 6. The second-order valence-corrected chi connectivity index (χ2v) is 7.62. The average molecular weight is 400 g/mol. The van der Waals surface area contributed by atoms with Gasteiger partial charge in [-0.1, -0.05) is 6.92 Å². The zero-order chi connectivity index (χ0) is 20.6. The molecule has 3 heterocycles. The predicted molar refractivity (Wildman–Crippen MR) is 107 cm³/mol. The van der Waals surface area contributed by atoms with Gasteiger partial charge < -0.3 is 23.5 Å². The highest BCUT2D eigenvalue weighted by Gasteiger charge is 2.43. The first kappa shape index (κ1) is 19.8. The number of amides is 1. The molecule has 4 rings (SSSR count). The lowest BCUT2D eigenvalue weighted by molar-refractivity contribution is -0.0938. The lowest BCUT2D eigenvalue weighted by Crippen LogP contribution is -2.48. The van der Waals surface area contributed by atoms with Crippen molar-refractivity contribution in [2.45, 2.75) is 45.1 Å². The Hall–Kier alpha value is -2.54. The Morgan fingerprint density at radius 3 is 2.52 bits per heavy atom. The molecule has 1 aromatic heterocycles. The molecular weight excluding hydrogens is 372 g/mol. The van der Waals surface area contributed by atoms with Gasteiger partial charge in [-0.15, -0.1) is 0 Å². The Kier molecular flexibility index (Phi) is 5.25. The highest BCUT2D eigenvalue weighted by Crippen LogP contribution is 2.45. The van der Waals surface area contributed by atoms with Crippen molar-refractivity contribution >= 4 is 5.91 Å². The van der Waals surface area contributed by atoms with Gasteiger partial charge in [-0.05, 0) is 49.4 Å². The molecule has 0 aliphatic carbocycles. The molecule has 0 saturated carbocycles. The van der Waals surface area contributed by atoms with E-state index in [4.69, 9.17) is 18.6 Å². The first-order valence-corrected chi connectivity index (χ1v) is 10.2. The first-order chi connectivity index (χ1) is 14.0. The van der Waals surface area contributed by atoms with E-state index in [9.17, 15) is 4.79 Å². The Bertz CT molecular complexity index is 912. The Morgan fingerprint density at radius 2 is 1.90 bits per heavy atom. The van der Waals surface area contributed by atoms with Crippen LogP contribution in [0.4, 0.5) is 0 Å². The van der Waals surface area contributed by atoms with Gasteiger partial charge in [0.15, 0.2) is 17.4 Å². The van der Waals surface area contributed by atoms with Crippen LogP contribution in [0.25, 0.3) is 0 Å². The maximum absolute atomic E-state index is 13.0. The van der Waals surface area contributed by atoms with Crippen LogP contribution in [0.1, 0.15) is 53.0 Å². The minimum Gasteiger partial charge on any atom is -0.493 e. The van der Waals surface area contributed by atoms with E-state index in [2.05, 4.69) is 11.1 Å². The molecule has 7 nitrogen and oxygen atoms in total. The van der Waals surface area contributed by atoms with Crippen molar-refractivity contribution < 1.29 is 23.4 Å². The van der Waals surface area contributed by atoms with Crippen LogP contribution in [0.5, 0.6) is 11.5 Å². The normalized spacial score (nSPS) is 17.9. The van der Waals surface area contributed by atoms with Gasteiger partial charge in [-0.25, -0.2) is 4.98 Å². The quantitative estimate of drug-likeness (QED) is 0.784. The molecular formula is C22H28N2O5. The van der Waals surface area contributed by atoms with Crippen LogP contribution in [0.3, 0.4) is 0 Å². The summed E-state index contributed by atoms with van der Waals surface area (Å²) in [6.45, 7) is 5.66. The monoisotopic (exact) mass is 400 g/mol. The fourth-order valence-corrected chi connectivity index (χ4v) is 4.42. The van der Waals surface area contributed by atoms with Gasteiger partial charge in [0.2, 0.25) is 5.76 Å². The van der Waals surface area contributed by atoms with Crippen molar-refractivity contribution in [2.24, 2.45) is 0 Å². The van der Waals surface area contributed by atoms with E-state index in [1.165, 1.54) is 5.56 Å². The van der Waals surface area contributed by atoms with Crippen LogP contribution < -0.4 is 9.47 Å². The molecule has 0 atom stereocenters. The van der Waals surface area contributed by atoms with Gasteiger partial charge in [0.05, 0.1) is 32.1 Å². The molecule has 2 aliphatic heterocycles. The third-order valence-electron chi connectivity index (χ3n) is 6.05. The fourth-order valence-electron chi connectivity index (χ4n) is 4.42. The lowest BCUT2D eigenvalue weighted by atomic mass is 9.79. The fraction of sp³-hybridized carbons (Fsp3) is 0.545. The maximum atomic E-state index is 13.0. The number of aryl methyl sites for hydroxylation is 2. The number of hydrogen-bond donors (Lipinski definition) is 0. The third-order valence-corrected chi connectivity index (χ3v) is 6.05. The number of aromatic nitrogens is 1. The van der Waals surface area contributed by atoms with Gasteiger partial charge in [0.25, 0.3) is 5.91 Å². The molecule has 1 spiro atoms. The largest absolute Gasteiger partial charge is 0.493 e. The van der Waals surface area contributed by atoms with E-state index >= 15 is 0 Å². The van der Waals surface area contributed by atoms with Crippen LogP contribution >= 0.6 is 0 Å². The van der Waals surface area contributed by atoms with Crippen LogP contribution in [0.2, 0.25) is 0 Å². The molecule has 7 heteroatoms. The summed E-state index contributed by atoms with van der Waals surface area (Å²) in [4.78, 5) is 19.1. The van der Waals surface area contributed by atoms with Crippen molar-refractivity contribution in [2.75, 3.05) is 33.9 Å². The highest BCUT2D eigenvalue weighted by atomic mass is 16.5. The summed E-state index contributed by atoms with van der Waals surface area (Å²) in [6, 6.07) is 4.10. The molecule has 1 aromatic carbocycles. The molecule has 1 fully saturated rings. The number of benzene rings is 1. The van der Waals surface area contributed by atoms with Gasteiger partial charge in [-0.2, -0.15) is 0 Å². The van der Waals surface area contributed by atoms with Crippen LogP contribution in [-0.4, -0.2) is 49.7 Å². The average Bonchev–Trinajstić information content (AvgIpc) is 3.14. The number of carbonyl (C=O) groups excluding carboxylic acids is 1. The first-order valence-electron chi connectivity index (χ1n) is 10.2. The smallest absolute Gasteiger partial charge is 0.291 e. The minimum atomic E-state index is -0.394. The number of nitrogens with zero attached hydrogens (tertiary/aromatic N) is 2. The topological polar surface area (TPSA) is 74.0 Å². The van der Waals surface area contributed by atoms with Crippen LogP contribution in [-0.2, 0) is 23.2 Å². The second-order valence-electron chi connectivity index (χ2n) is 7.62. The summed E-state index contributed by atoms with van der Waals surface area (Å²) in [5, 5.41) is 0. The van der Waals surface area contributed by atoms with Gasteiger partial charge in [-0.3, -0.25) is 4.79 Å². The lowest BCUT2D eigenvalue weighted by Gasteiger charge is -2.45. The molecule has 2 aromatic rings. The predicted octanol–water partition coefficient (Wildman–Crippen LogP) is 3.27. The van der Waals surface area contributed by atoms with E-state index in [-0.39, 0.29) is 5.91 Å². The number of carbonyl (C=O) groups is 1. The molecule has 0 unspecified atom stereocenters. The number of oxazole rings is 1. The van der Waals surface area contributed by atoms with E-state index in [0.29, 0.717) is 49.2 Å². The highest BCUT2D eigenvalue weighted by molar-refractivity contribution is 5.92. The molecule has 29 heavy (non-hydrogen) atoms. The summed E-state index contributed by atoms with van der Waals surface area (Å²) in [5.41, 5.74) is 2.64. The molecule has 0 radical (unpaired) electrons. The zero-order valence-electron chi connectivity index (χ0n) is 17.5. The number of likely N-dealkylation sites (tertiary alicyclic amines) is 1. The van der Waals surface area contributed by atoms with Crippen LogP contribution in [0, 0.1) is 6.92 Å². The molecule has 156 valence electrons. The number of ether oxygens (including phenoxy) is 3. The van der Waals surface area contributed by atoms with E-state index < -0.39 is 5.60 Å². The van der Waals surface area contributed by atoms with Crippen molar-refractivity contribution in [3.05, 3.63) is 40.6 Å².